The summed E-state index contributed by atoms with van der Waals surface area (Å²) in [6.45, 7) is 4.61. The molecule has 0 aromatic heterocycles. The van der Waals surface area contributed by atoms with E-state index < -0.39 is 0 Å². The molecule has 2 aromatic rings. The zero-order valence-electron chi connectivity index (χ0n) is 16.0. The van der Waals surface area contributed by atoms with E-state index in [0.29, 0.717) is 18.3 Å². The van der Waals surface area contributed by atoms with Crippen LogP contribution in [0.4, 0.5) is 0 Å². The molecule has 0 heterocycles. The van der Waals surface area contributed by atoms with Crippen LogP contribution in [-0.4, -0.2) is 18.6 Å². The number of hydrogen-bond acceptors (Lipinski definition) is 3. The molecule has 0 unspecified atom stereocenters. The second-order valence-corrected chi connectivity index (χ2v) is 7.14. The van der Waals surface area contributed by atoms with E-state index in [1.165, 1.54) is 6.42 Å². The van der Waals surface area contributed by atoms with E-state index in [1.807, 2.05) is 43.3 Å². The van der Waals surface area contributed by atoms with Gasteiger partial charge in [0.25, 0.3) is 5.91 Å². The van der Waals surface area contributed by atoms with Crippen molar-refractivity contribution in [1.82, 2.24) is 5.32 Å². The Kier molecular flexibility index (Phi) is 6.13. The summed E-state index contributed by atoms with van der Waals surface area (Å²) < 4.78 is 5.75. The second-order valence-electron chi connectivity index (χ2n) is 7.14. The maximum Gasteiger partial charge on any atom is 0.262 e. The number of carbonyl (C=O) groups excluding carboxylic acids is 1. The molecular formula is C23H26N2O2. The third kappa shape index (κ3) is 4.31. The number of fused-ring (bicyclic) bond motifs is 1. The van der Waals surface area contributed by atoms with Crippen molar-refractivity contribution in [1.29, 1.82) is 5.26 Å². The third-order valence-corrected chi connectivity index (χ3v) is 5.31. The predicted octanol–water partition coefficient (Wildman–Crippen LogP) is 4.84. The van der Waals surface area contributed by atoms with Crippen LogP contribution in [-0.2, 0) is 4.79 Å². The number of hydrogen-bond donors (Lipinski definition) is 1. The number of amides is 1. The van der Waals surface area contributed by atoms with Gasteiger partial charge in [-0.05, 0) is 48.6 Å². The Bertz CT molecular complexity index is 895. The van der Waals surface area contributed by atoms with Gasteiger partial charge in [-0.1, -0.05) is 50.1 Å². The van der Waals surface area contributed by atoms with Crippen molar-refractivity contribution in [2.45, 2.75) is 45.6 Å². The van der Waals surface area contributed by atoms with Crippen LogP contribution in [0.3, 0.4) is 0 Å². The number of rotatable bonds is 5. The molecule has 140 valence electrons. The van der Waals surface area contributed by atoms with Gasteiger partial charge >= 0.3 is 0 Å². The fraction of sp³-hybridized carbons (Fsp3) is 0.391. The van der Waals surface area contributed by atoms with Crippen molar-refractivity contribution in [3.8, 4) is 11.8 Å². The van der Waals surface area contributed by atoms with Crippen molar-refractivity contribution < 1.29 is 9.53 Å². The second kappa shape index (κ2) is 8.73. The van der Waals surface area contributed by atoms with Crippen LogP contribution in [0.25, 0.3) is 16.8 Å². The number of nitriles is 1. The molecule has 1 amide bonds. The highest BCUT2D eigenvalue weighted by atomic mass is 16.5. The zero-order chi connectivity index (χ0) is 19.2. The first kappa shape index (κ1) is 19.0. The molecule has 2 atom stereocenters. The third-order valence-electron chi connectivity index (χ3n) is 5.31. The Hall–Kier alpha value is -2.80. The summed E-state index contributed by atoms with van der Waals surface area (Å²) in [7, 11) is 0. The van der Waals surface area contributed by atoms with Crippen LogP contribution in [0, 0.1) is 17.2 Å². The van der Waals surface area contributed by atoms with E-state index in [4.69, 9.17) is 4.74 Å². The summed E-state index contributed by atoms with van der Waals surface area (Å²) in [5.41, 5.74) is 0.892. The number of nitrogens with zero attached hydrogens (tertiary/aromatic N) is 1. The van der Waals surface area contributed by atoms with Crippen molar-refractivity contribution in [3.63, 3.8) is 0 Å². The molecule has 1 N–H and O–H groups in total. The van der Waals surface area contributed by atoms with Crippen LogP contribution in [0.1, 0.15) is 45.1 Å². The van der Waals surface area contributed by atoms with Crippen LogP contribution in [0.15, 0.2) is 42.0 Å². The fourth-order valence-corrected chi connectivity index (χ4v) is 3.78. The zero-order valence-corrected chi connectivity index (χ0v) is 16.0. The normalized spacial score (nSPS) is 20.1. The maximum atomic E-state index is 12.8. The van der Waals surface area contributed by atoms with E-state index >= 15 is 0 Å². The summed E-state index contributed by atoms with van der Waals surface area (Å²) in [6, 6.07) is 14.0. The van der Waals surface area contributed by atoms with Gasteiger partial charge in [0.15, 0.2) is 0 Å². The van der Waals surface area contributed by atoms with Crippen molar-refractivity contribution in [3.05, 3.63) is 47.5 Å². The smallest absolute Gasteiger partial charge is 0.262 e. The largest absolute Gasteiger partial charge is 0.493 e. The van der Waals surface area contributed by atoms with Crippen molar-refractivity contribution >= 4 is 22.8 Å². The van der Waals surface area contributed by atoms with Gasteiger partial charge in [0.05, 0.1) is 6.61 Å². The molecule has 1 saturated carbocycles. The van der Waals surface area contributed by atoms with Crippen LogP contribution in [0.2, 0.25) is 0 Å². The molecule has 0 aliphatic heterocycles. The molecule has 3 rings (SSSR count). The molecule has 1 aliphatic rings. The quantitative estimate of drug-likeness (QED) is 0.611. The van der Waals surface area contributed by atoms with Gasteiger partial charge in [-0.2, -0.15) is 5.26 Å². The molecule has 0 spiro atoms. The molecular weight excluding hydrogens is 336 g/mol. The van der Waals surface area contributed by atoms with Gasteiger partial charge in [-0.25, -0.2) is 0 Å². The highest BCUT2D eigenvalue weighted by Gasteiger charge is 2.24. The molecule has 4 nitrogen and oxygen atoms in total. The van der Waals surface area contributed by atoms with E-state index in [9.17, 15) is 10.1 Å². The van der Waals surface area contributed by atoms with E-state index in [2.05, 4.69) is 18.3 Å². The fourth-order valence-electron chi connectivity index (χ4n) is 3.78. The SMILES string of the molecule is CCOc1ccc2ccccc2c1/C=C(\C#N)C(=O)N[C@@H]1CCCC[C@H]1C. The molecule has 27 heavy (non-hydrogen) atoms. The first-order valence-electron chi connectivity index (χ1n) is 9.71. The van der Waals surface area contributed by atoms with Crippen LogP contribution < -0.4 is 10.1 Å². The minimum atomic E-state index is -0.299. The highest BCUT2D eigenvalue weighted by molar-refractivity contribution is 6.05. The van der Waals surface area contributed by atoms with Crippen molar-refractivity contribution in [2.24, 2.45) is 5.92 Å². The lowest BCUT2D eigenvalue weighted by Gasteiger charge is -2.29. The highest BCUT2D eigenvalue weighted by Crippen LogP contribution is 2.30. The Labute approximate surface area is 160 Å². The van der Waals surface area contributed by atoms with Gasteiger partial charge in [-0.15, -0.1) is 0 Å². The minimum absolute atomic E-state index is 0.116. The van der Waals surface area contributed by atoms with Gasteiger partial charge in [0.1, 0.15) is 17.4 Å². The summed E-state index contributed by atoms with van der Waals surface area (Å²) in [5, 5.41) is 14.7. The first-order valence-corrected chi connectivity index (χ1v) is 9.71. The Morgan fingerprint density at radius 3 is 2.78 bits per heavy atom. The Morgan fingerprint density at radius 1 is 1.26 bits per heavy atom. The minimum Gasteiger partial charge on any atom is -0.493 e. The van der Waals surface area contributed by atoms with Gasteiger partial charge in [0, 0.05) is 11.6 Å². The van der Waals surface area contributed by atoms with E-state index in [-0.39, 0.29) is 17.5 Å². The average Bonchev–Trinajstić information content (AvgIpc) is 2.69. The lowest BCUT2D eigenvalue weighted by Crippen LogP contribution is -2.41. The molecule has 4 heteroatoms. The Balaban J connectivity index is 1.96. The standard InChI is InChI=1S/C23H26N2O2/c1-3-27-22-13-12-17-9-5-6-10-19(17)20(22)14-18(15-24)23(26)25-21-11-7-4-8-16(21)2/h5-6,9-10,12-14,16,21H,3-4,7-8,11H2,1-2H3,(H,25,26)/b18-14+/t16-,21-/m1/s1. The van der Waals surface area contributed by atoms with Gasteiger partial charge in [-0.3, -0.25) is 4.79 Å². The summed E-state index contributed by atoms with van der Waals surface area (Å²) in [6.07, 6.45) is 6.09. The van der Waals surface area contributed by atoms with Gasteiger partial charge in [0.2, 0.25) is 0 Å². The topological polar surface area (TPSA) is 62.1 Å². The molecule has 0 bridgehead atoms. The monoisotopic (exact) mass is 362 g/mol. The maximum absolute atomic E-state index is 12.8. The first-order chi connectivity index (χ1) is 13.1. The summed E-state index contributed by atoms with van der Waals surface area (Å²) in [4.78, 5) is 12.8. The number of benzene rings is 2. The summed E-state index contributed by atoms with van der Waals surface area (Å²) >= 11 is 0. The lowest BCUT2D eigenvalue weighted by atomic mass is 9.86. The number of nitrogens with one attached hydrogen (secondary N) is 1. The van der Waals surface area contributed by atoms with Crippen molar-refractivity contribution in [2.75, 3.05) is 6.61 Å². The molecule has 0 saturated heterocycles. The molecule has 1 fully saturated rings. The van der Waals surface area contributed by atoms with Crippen LogP contribution in [0.5, 0.6) is 5.75 Å². The number of carbonyl (C=O) groups is 1. The molecule has 1 aliphatic carbocycles. The van der Waals surface area contributed by atoms with E-state index in [0.717, 1.165) is 35.6 Å². The molecule has 0 radical (unpaired) electrons. The lowest BCUT2D eigenvalue weighted by molar-refractivity contribution is -0.118. The summed E-state index contributed by atoms with van der Waals surface area (Å²) in [5.74, 6) is 0.827. The predicted molar refractivity (Wildman–Crippen MR) is 108 cm³/mol. The average molecular weight is 362 g/mol. The van der Waals surface area contributed by atoms with Gasteiger partial charge < -0.3 is 10.1 Å². The number of ether oxygens (including phenoxy) is 1. The molecule has 2 aromatic carbocycles. The Morgan fingerprint density at radius 2 is 2.04 bits per heavy atom. The van der Waals surface area contributed by atoms with E-state index in [1.54, 1.807) is 6.08 Å². The van der Waals surface area contributed by atoms with Crippen LogP contribution >= 0.6 is 0 Å².